The molecule has 1 aromatic carbocycles. The molecule has 0 amide bonds. The van der Waals surface area contributed by atoms with Gasteiger partial charge in [-0.3, -0.25) is 0 Å². The predicted molar refractivity (Wildman–Crippen MR) is 81.0 cm³/mol. The second kappa shape index (κ2) is 6.14. The van der Waals surface area contributed by atoms with E-state index in [-0.39, 0.29) is 16.5 Å². The molecule has 0 aromatic heterocycles. The molecule has 6 heteroatoms. The summed E-state index contributed by atoms with van der Waals surface area (Å²) in [6, 6.07) is 7.04. The van der Waals surface area contributed by atoms with Gasteiger partial charge in [0.05, 0.1) is 5.56 Å². The number of rotatable bonds is 3. The van der Waals surface area contributed by atoms with E-state index >= 15 is 0 Å². The third-order valence-electron chi connectivity index (χ3n) is 4.21. The summed E-state index contributed by atoms with van der Waals surface area (Å²) >= 11 is 0. The Morgan fingerprint density at radius 2 is 2.00 bits per heavy atom. The van der Waals surface area contributed by atoms with Crippen molar-refractivity contribution in [1.29, 1.82) is 5.26 Å². The number of hydrogen-bond donors (Lipinski definition) is 1. The molecule has 1 aliphatic heterocycles. The van der Waals surface area contributed by atoms with E-state index in [9.17, 15) is 13.7 Å². The van der Waals surface area contributed by atoms with Crippen LogP contribution in [0.15, 0.2) is 23.1 Å². The third kappa shape index (κ3) is 3.10. The first kappa shape index (κ1) is 16.0. The summed E-state index contributed by atoms with van der Waals surface area (Å²) in [6.45, 7) is 4.64. The van der Waals surface area contributed by atoms with Gasteiger partial charge in [0.25, 0.3) is 0 Å². The van der Waals surface area contributed by atoms with Crippen LogP contribution in [0.1, 0.15) is 30.9 Å². The molecule has 0 aliphatic carbocycles. The minimum Gasteiger partial charge on any atom is -0.328 e. The summed E-state index contributed by atoms with van der Waals surface area (Å²) in [6.07, 6.45) is 1.54. The van der Waals surface area contributed by atoms with Crippen LogP contribution >= 0.6 is 0 Å². The van der Waals surface area contributed by atoms with Crippen LogP contribution in [0.5, 0.6) is 0 Å². The number of nitriles is 1. The van der Waals surface area contributed by atoms with Crippen molar-refractivity contribution in [2.75, 3.05) is 13.1 Å². The van der Waals surface area contributed by atoms with Crippen LogP contribution in [0.3, 0.4) is 0 Å². The third-order valence-corrected chi connectivity index (χ3v) is 6.15. The number of benzene rings is 1. The second-order valence-electron chi connectivity index (χ2n) is 5.66. The Hall–Kier alpha value is -1.42. The summed E-state index contributed by atoms with van der Waals surface area (Å²) in [5, 5.41) is 9.23. The van der Waals surface area contributed by atoms with Gasteiger partial charge in [0.15, 0.2) is 0 Å². The lowest BCUT2D eigenvalue weighted by Gasteiger charge is -2.33. The lowest BCUT2D eigenvalue weighted by atomic mass is 9.92. The highest BCUT2D eigenvalue weighted by atomic mass is 32.2. The molecule has 0 saturated carbocycles. The second-order valence-corrected chi connectivity index (χ2v) is 7.57. The molecule has 0 radical (unpaired) electrons. The Balaban J connectivity index is 2.29. The van der Waals surface area contributed by atoms with Crippen LogP contribution in [0, 0.1) is 24.2 Å². The number of sulfonamides is 1. The van der Waals surface area contributed by atoms with Crippen LogP contribution in [0.2, 0.25) is 0 Å². The molecule has 1 unspecified atom stereocenters. The number of nitrogens with two attached hydrogens (primary N) is 1. The van der Waals surface area contributed by atoms with E-state index < -0.39 is 10.0 Å². The molecule has 1 atom stereocenters. The first-order valence-corrected chi connectivity index (χ1v) is 8.57. The maximum Gasteiger partial charge on any atom is 0.244 e. The van der Waals surface area contributed by atoms with Gasteiger partial charge >= 0.3 is 0 Å². The molecule has 1 saturated heterocycles. The predicted octanol–water partition coefficient (Wildman–Crippen LogP) is 1.61. The Morgan fingerprint density at radius 1 is 1.38 bits per heavy atom. The molecular weight excluding hydrogens is 286 g/mol. The standard InChI is InChI=1S/C15H21N3O2S/c1-11-4-3-5-15(14(11)10-16)21(19,20)18-8-6-13(7-9-18)12(2)17/h3-5,12-13H,6-9,17H2,1-2H3. The molecule has 1 aliphatic rings. The highest BCUT2D eigenvalue weighted by Gasteiger charge is 2.32. The number of piperidine rings is 1. The fourth-order valence-electron chi connectivity index (χ4n) is 2.78. The number of aryl methyl sites for hydroxylation is 1. The summed E-state index contributed by atoms with van der Waals surface area (Å²) < 4.78 is 27.0. The molecule has 2 rings (SSSR count). The van der Waals surface area contributed by atoms with Gasteiger partial charge in [0.1, 0.15) is 11.0 Å². The Labute approximate surface area is 126 Å². The lowest BCUT2D eigenvalue weighted by Crippen LogP contribution is -2.42. The fourth-order valence-corrected chi connectivity index (χ4v) is 4.46. The van der Waals surface area contributed by atoms with Gasteiger partial charge in [-0.05, 0) is 44.2 Å². The average Bonchev–Trinajstić information content (AvgIpc) is 2.47. The van der Waals surface area contributed by atoms with Crippen LogP contribution in [0.25, 0.3) is 0 Å². The zero-order valence-corrected chi connectivity index (χ0v) is 13.2. The molecular formula is C15H21N3O2S. The highest BCUT2D eigenvalue weighted by molar-refractivity contribution is 7.89. The van der Waals surface area contributed by atoms with E-state index in [0.29, 0.717) is 24.6 Å². The summed E-state index contributed by atoms with van der Waals surface area (Å²) in [5.74, 6) is 0.365. The van der Waals surface area contributed by atoms with E-state index in [2.05, 4.69) is 0 Å². The van der Waals surface area contributed by atoms with Gasteiger partial charge in [-0.2, -0.15) is 9.57 Å². The highest BCUT2D eigenvalue weighted by Crippen LogP contribution is 2.27. The van der Waals surface area contributed by atoms with Crippen molar-refractivity contribution < 1.29 is 8.42 Å². The van der Waals surface area contributed by atoms with Crippen molar-refractivity contribution in [3.63, 3.8) is 0 Å². The minimum absolute atomic E-state index is 0.0866. The van der Waals surface area contributed by atoms with E-state index in [4.69, 9.17) is 5.73 Å². The van der Waals surface area contributed by atoms with Crippen molar-refractivity contribution in [1.82, 2.24) is 4.31 Å². The van der Waals surface area contributed by atoms with Gasteiger partial charge in [-0.25, -0.2) is 8.42 Å². The monoisotopic (exact) mass is 307 g/mol. The Morgan fingerprint density at radius 3 is 2.52 bits per heavy atom. The molecule has 1 fully saturated rings. The van der Waals surface area contributed by atoms with Gasteiger partial charge in [-0.15, -0.1) is 0 Å². The molecule has 5 nitrogen and oxygen atoms in total. The largest absolute Gasteiger partial charge is 0.328 e. The zero-order chi connectivity index (χ0) is 15.6. The molecule has 1 aromatic rings. The zero-order valence-electron chi connectivity index (χ0n) is 12.4. The first-order chi connectivity index (χ1) is 9.87. The molecule has 0 spiro atoms. The average molecular weight is 307 g/mol. The number of nitrogens with zero attached hydrogens (tertiary/aromatic N) is 2. The van der Waals surface area contributed by atoms with Gasteiger partial charge in [0, 0.05) is 19.1 Å². The van der Waals surface area contributed by atoms with E-state index in [1.54, 1.807) is 19.1 Å². The van der Waals surface area contributed by atoms with Crippen molar-refractivity contribution in [3.05, 3.63) is 29.3 Å². The first-order valence-electron chi connectivity index (χ1n) is 7.13. The summed E-state index contributed by atoms with van der Waals surface area (Å²) in [5.41, 5.74) is 6.81. The molecule has 2 N–H and O–H groups in total. The van der Waals surface area contributed by atoms with E-state index in [1.165, 1.54) is 10.4 Å². The molecule has 1 heterocycles. The van der Waals surface area contributed by atoms with E-state index in [0.717, 1.165) is 12.8 Å². The Bertz CT molecular complexity index is 654. The lowest BCUT2D eigenvalue weighted by molar-refractivity contribution is 0.250. The molecule has 21 heavy (non-hydrogen) atoms. The molecule has 0 bridgehead atoms. The maximum absolute atomic E-state index is 12.7. The summed E-state index contributed by atoms with van der Waals surface area (Å²) in [4.78, 5) is 0.115. The summed E-state index contributed by atoms with van der Waals surface area (Å²) in [7, 11) is -3.61. The van der Waals surface area contributed by atoms with Gasteiger partial charge in [-0.1, -0.05) is 12.1 Å². The fraction of sp³-hybridized carbons (Fsp3) is 0.533. The van der Waals surface area contributed by atoms with Crippen LogP contribution in [0.4, 0.5) is 0 Å². The SMILES string of the molecule is Cc1cccc(S(=O)(=O)N2CCC(C(C)N)CC2)c1C#N. The topological polar surface area (TPSA) is 87.2 Å². The van der Waals surface area contributed by atoms with Crippen LogP contribution in [-0.4, -0.2) is 31.9 Å². The molecule has 114 valence electrons. The Kier molecular flexibility index (Phi) is 4.67. The van der Waals surface area contributed by atoms with Crippen molar-refractivity contribution in [2.24, 2.45) is 11.7 Å². The van der Waals surface area contributed by atoms with Crippen molar-refractivity contribution in [3.8, 4) is 6.07 Å². The quantitative estimate of drug-likeness (QED) is 0.919. The number of hydrogen-bond acceptors (Lipinski definition) is 4. The smallest absolute Gasteiger partial charge is 0.244 e. The van der Waals surface area contributed by atoms with Crippen molar-refractivity contribution in [2.45, 2.75) is 37.6 Å². The van der Waals surface area contributed by atoms with Crippen LogP contribution in [-0.2, 0) is 10.0 Å². The van der Waals surface area contributed by atoms with Gasteiger partial charge in [0.2, 0.25) is 10.0 Å². The van der Waals surface area contributed by atoms with E-state index in [1.807, 2.05) is 13.0 Å². The van der Waals surface area contributed by atoms with Crippen molar-refractivity contribution >= 4 is 10.0 Å². The van der Waals surface area contributed by atoms with Crippen LogP contribution < -0.4 is 5.73 Å². The van der Waals surface area contributed by atoms with Gasteiger partial charge < -0.3 is 5.73 Å². The minimum atomic E-state index is -3.61. The normalized spacial score (nSPS) is 19.1. The maximum atomic E-state index is 12.7.